The molecule has 0 fully saturated rings. The molecule has 1 aromatic heterocycles. The van der Waals surface area contributed by atoms with Gasteiger partial charge in [-0.15, -0.1) is 0 Å². The number of H-pyrrole nitrogens is 1. The van der Waals surface area contributed by atoms with Crippen LogP contribution in [0.2, 0.25) is 0 Å². The van der Waals surface area contributed by atoms with Gasteiger partial charge in [0.25, 0.3) is 5.91 Å². The van der Waals surface area contributed by atoms with Crippen LogP contribution >= 0.6 is 0 Å². The van der Waals surface area contributed by atoms with Crippen LogP contribution in [0.25, 0.3) is 11.0 Å². The molecule has 0 spiro atoms. The van der Waals surface area contributed by atoms with Gasteiger partial charge in [-0.1, -0.05) is 54.6 Å². The van der Waals surface area contributed by atoms with Gasteiger partial charge in [0, 0.05) is 12.1 Å². The lowest BCUT2D eigenvalue weighted by Crippen LogP contribution is -2.22. The lowest BCUT2D eigenvalue weighted by Gasteiger charge is -2.07. The number of imidazole rings is 1. The number of hydrogen-bond acceptors (Lipinski definition) is 3. The highest BCUT2D eigenvalue weighted by Crippen LogP contribution is 2.10. The minimum Gasteiger partial charge on any atom is -0.348 e. The van der Waals surface area contributed by atoms with Crippen molar-refractivity contribution >= 4 is 16.9 Å². The quantitative estimate of drug-likeness (QED) is 0.405. The van der Waals surface area contributed by atoms with E-state index in [0.717, 1.165) is 35.4 Å². The Labute approximate surface area is 170 Å². The van der Waals surface area contributed by atoms with Gasteiger partial charge in [0.1, 0.15) is 5.82 Å². The summed E-state index contributed by atoms with van der Waals surface area (Å²) in [6.45, 7) is 2.08. The first kappa shape index (κ1) is 18.9. The Morgan fingerprint density at radius 2 is 1.59 bits per heavy atom. The van der Waals surface area contributed by atoms with Gasteiger partial charge in [0.15, 0.2) is 0 Å². The third-order valence-electron chi connectivity index (χ3n) is 4.83. The second kappa shape index (κ2) is 9.17. The third kappa shape index (κ3) is 5.09. The van der Waals surface area contributed by atoms with Gasteiger partial charge in [-0.25, -0.2) is 4.98 Å². The second-order valence-corrected chi connectivity index (χ2v) is 6.99. The Hall–Kier alpha value is -3.44. The van der Waals surface area contributed by atoms with Crippen molar-refractivity contribution in [3.8, 4) is 0 Å². The maximum Gasteiger partial charge on any atom is 0.251 e. The number of nitrogens with zero attached hydrogens (tertiary/aromatic N) is 1. The number of nitrogens with one attached hydrogen (secondary N) is 3. The molecule has 3 aromatic carbocycles. The zero-order chi connectivity index (χ0) is 19.9. The number of amides is 1. The Balaban J connectivity index is 1.22. The predicted molar refractivity (Wildman–Crippen MR) is 116 cm³/mol. The summed E-state index contributed by atoms with van der Waals surface area (Å²) in [6.07, 6.45) is 0.895. The minimum absolute atomic E-state index is 0.0524. The van der Waals surface area contributed by atoms with E-state index in [1.54, 1.807) is 0 Å². The van der Waals surface area contributed by atoms with Crippen molar-refractivity contribution in [3.63, 3.8) is 0 Å². The maximum atomic E-state index is 12.3. The number of aromatic amines is 1. The van der Waals surface area contributed by atoms with E-state index in [9.17, 15) is 4.79 Å². The summed E-state index contributed by atoms with van der Waals surface area (Å²) in [5.74, 6) is 0.889. The van der Waals surface area contributed by atoms with E-state index < -0.39 is 0 Å². The summed E-state index contributed by atoms with van der Waals surface area (Å²) in [4.78, 5) is 20.2. The van der Waals surface area contributed by atoms with Crippen molar-refractivity contribution in [2.45, 2.75) is 19.5 Å². The highest BCUT2D eigenvalue weighted by Gasteiger charge is 2.05. The summed E-state index contributed by atoms with van der Waals surface area (Å²) in [6, 6.07) is 25.7. The van der Waals surface area contributed by atoms with Crippen molar-refractivity contribution in [1.29, 1.82) is 0 Å². The van der Waals surface area contributed by atoms with Gasteiger partial charge in [-0.05, 0) is 48.4 Å². The van der Waals surface area contributed by atoms with Crippen LogP contribution in [0.5, 0.6) is 0 Å². The van der Waals surface area contributed by atoms with Crippen LogP contribution in [0.15, 0.2) is 78.9 Å². The number of fused-ring (bicyclic) bond motifs is 1. The average molecular weight is 384 g/mol. The molecule has 0 atom stereocenters. The normalized spacial score (nSPS) is 10.9. The van der Waals surface area contributed by atoms with Gasteiger partial charge in [0.05, 0.1) is 17.6 Å². The van der Waals surface area contributed by atoms with E-state index in [1.807, 2.05) is 78.9 Å². The fraction of sp³-hybridized carbons (Fsp3) is 0.167. The number of carbonyl (C=O) groups is 1. The highest BCUT2D eigenvalue weighted by atomic mass is 16.1. The first-order chi connectivity index (χ1) is 14.3. The molecule has 1 amide bonds. The topological polar surface area (TPSA) is 69.8 Å². The Morgan fingerprint density at radius 3 is 2.38 bits per heavy atom. The molecule has 0 unspecified atom stereocenters. The second-order valence-electron chi connectivity index (χ2n) is 6.99. The molecular weight excluding hydrogens is 360 g/mol. The first-order valence-corrected chi connectivity index (χ1v) is 9.83. The van der Waals surface area contributed by atoms with E-state index in [0.29, 0.717) is 18.7 Å². The molecule has 5 nitrogen and oxygen atoms in total. The molecule has 3 N–H and O–H groups in total. The molecule has 0 aliphatic rings. The summed E-state index contributed by atoms with van der Waals surface area (Å²) < 4.78 is 0. The SMILES string of the molecule is O=C(NCc1ccccc1)c1ccc(CCNCc2nc3ccccc3[nH]2)cc1. The van der Waals surface area contributed by atoms with Crippen molar-refractivity contribution in [2.24, 2.45) is 0 Å². The van der Waals surface area contributed by atoms with Crippen molar-refractivity contribution < 1.29 is 4.79 Å². The van der Waals surface area contributed by atoms with Crippen molar-refractivity contribution in [2.75, 3.05) is 6.54 Å². The predicted octanol–water partition coefficient (Wildman–Crippen LogP) is 3.83. The van der Waals surface area contributed by atoms with Gasteiger partial charge >= 0.3 is 0 Å². The van der Waals surface area contributed by atoms with Crippen molar-refractivity contribution in [1.82, 2.24) is 20.6 Å². The number of para-hydroxylation sites is 2. The molecule has 0 aliphatic carbocycles. The minimum atomic E-state index is -0.0524. The van der Waals surface area contributed by atoms with Gasteiger partial charge in [-0.2, -0.15) is 0 Å². The molecule has 29 heavy (non-hydrogen) atoms. The van der Waals surface area contributed by atoms with E-state index in [1.165, 1.54) is 5.56 Å². The number of rotatable bonds is 8. The van der Waals surface area contributed by atoms with E-state index in [2.05, 4.69) is 20.6 Å². The molecule has 0 saturated heterocycles. The summed E-state index contributed by atoms with van der Waals surface area (Å²) in [7, 11) is 0. The molecule has 0 bridgehead atoms. The van der Waals surface area contributed by atoms with Crippen LogP contribution in [-0.2, 0) is 19.5 Å². The zero-order valence-electron chi connectivity index (χ0n) is 16.2. The van der Waals surface area contributed by atoms with Crippen molar-refractivity contribution in [3.05, 3.63) is 101 Å². The summed E-state index contributed by atoms with van der Waals surface area (Å²) in [5, 5.41) is 6.37. The largest absolute Gasteiger partial charge is 0.348 e. The average Bonchev–Trinajstić information content (AvgIpc) is 3.19. The Bertz CT molecular complexity index is 1040. The van der Waals surface area contributed by atoms with E-state index >= 15 is 0 Å². The molecule has 1 heterocycles. The standard InChI is InChI=1S/C24H24N4O/c29-24(26-16-19-6-2-1-3-7-19)20-12-10-18(11-13-20)14-15-25-17-23-27-21-8-4-5-9-22(21)28-23/h1-13,25H,14-17H2,(H,26,29)(H,27,28). The third-order valence-corrected chi connectivity index (χ3v) is 4.83. The number of aromatic nitrogens is 2. The fourth-order valence-corrected chi connectivity index (χ4v) is 3.23. The number of benzene rings is 3. The molecule has 146 valence electrons. The van der Waals surface area contributed by atoms with Gasteiger partial charge in [-0.3, -0.25) is 4.79 Å². The molecule has 5 heteroatoms. The molecule has 0 aliphatic heterocycles. The lowest BCUT2D eigenvalue weighted by atomic mass is 10.1. The first-order valence-electron chi connectivity index (χ1n) is 9.83. The van der Waals surface area contributed by atoms with E-state index in [-0.39, 0.29) is 5.91 Å². The number of hydrogen-bond donors (Lipinski definition) is 3. The smallest absolute Gasteiger partial charge is 0.251 e. The monoisotopic (exact) mass is 384 g/mol. The zero-order valence-corrected chi connectivity index (χ0v) is 16.2. The molecular formula is C24H24N4O. The summed E-state index contributed by atoms with van der Waals surface area (Å²) in [5.41, 5.74) is 5.02. The van der Waals surface area contributed by atoms with Crippen LogP contribution in [-0.4, -0.2) is 22.4 Å². The van der Waals surface area contributed by atoms with Crippen LogP contribution in [0, 0.1) is 0 Å². The Kier molecular flexibility index (Phi) is 5.98. The molecule has 0 saturated carbocycles. The van der Waals surface area contributed by atoms with Gasteiger partial charge < -0.3 is 15.6 Å². The van der Waals surface area contributed by atoms with Crippen LogP contribution in [0.3, 0.4) is 0 Å². The van der Waals surface area contributed by atoms with Crippen LogP contribution in [0.1, 0.15) is 27.3 Å². The molecule has 0 radical (unpaired) electrons. The lowest BCUT2D eigenvalue weighted by molar-refractivity contribution is 0.0951. The van der Waals surface area contributed by atoms with Gasteiger partial charge in [0.2, 0.25) is 0 Å². The maximum absolute atomic E-state index is 12.3. The number of carbonyl (C=O) groups excluding carboxylic acids is 1. The fourth-order valence-electron chi connectivity index (χ4n) is 3.23. The van der Waals surface area contributed by atoms with E-state index in [4.69, 9.17) is 0 Å². The molecule has 4 aromatic rings. The summed E-state index contributed by atoms with van der Waals surface area (Å²) >= 11 is 0. The Morgan fingerprint density at radius 1 is 0.828 bits per heavy atom. The highest BCUT2D eigenvalue weighted by molar-refractivity contribution is 5.94. The molecule has 4 rings (SSSR count). The van der Waals surface area contributed by atoms with Crippen LogP contribution < -0.4 is 10.6 Å². The van der Waals surface area contributed by atoms with Crippen LogP contribution in [0.4, 0.5) is 0 Å².